The summed E-state index contributed by atoms with van der Waals surface area (Å²) >= 11 is 6.34. The second-order valence-corrected chi connectivity index (χ2v) is 5.76. The van der Waals surface area contributed by atoms with E-state index in [-0.39, 0.29) is 23.4 Å². The predicted molar refractivity (Wildman–Crippen MR) is 95.1 cm³/mol. The largest absolute Gasteiger partial charge is 0.412 e. The number of pyridine rings is 1. The minimum absolute atomic E-state index is 0. The van der Waals surface area contributed by atoms with Crippen molar-refractivity contribution in [3.63, 3.8) is 0 Å². The lowest BCUT2D eigenvalue weighted by Crippen LogP contribution is -2.29. The molecule has 0 spiro atoms. The Kier molecular flexibility index (Phi) is 9.56. The normalized spacial score (nSPS) is 17.0. The number of piperidine rings is 1. The van der Waals surface area contributed by atoms with E-state index in [9.17, 15) is 0 Å². The topological polar surface area (TPSA) is 87.9 Å². The number of nitrogens with one attached hydrogen (secondary N) is 1. The molecule has 1 atom stereocenters. The van der Waals surface area contributed by atoms with Crippen LogP contribution in [0.2, 0.25) is 5.02 Å². The Balaban J connectivity index is 0.00000147. The van der Waals surface area contributed by atoms with E-state index in [1.807, 2.05) is 6.07 Å². The van der Waals surface area contributed by atoms with E-state index >= 15 is 0 Å². The lowest BCUT2D eigenvalue weighted by molar-refractivity contribution is 0.358. The highest BCUT2D eigenvalue weighted by Crippen LogP contribution is 2.27. The summed E-state index contributed by atoms with van der Waals surface area (Å²) in [5.41, 5.74) is 2.31. The van der Waals surface area contributed by atoms with Gasteiger partial charge in [0, 0.05) is 11.6 Å². The number of halogens is 2. The molecule has 3 rings (SSSR count). The van der Waals surface area contributed by atoms with Gasteiger partial charge >= 0.3 is 0 Å². The molecule has 2 heterocycles. The molecule has 0 bridgehead atoms. The number of nitrogens with zero attached hydrogens (tertiary/aromatic N) is 1. The average molecular weight is 347 g/mol. The number of para-hydroxylation sites is 1. The van der Waals surface area contributed by atoms with Crippen LogP contribution in [0.4, 0.5) is 0 Å². The highest BCUT2D eigenvalue weighted by molar-refractivity contribution is 6.32. The van der Waals surface area contributed by atoms with Crippen LogP contribution in [-0.2, 0) is 6.42 Å². The van der Waals surface area contributed by atoms with Gasteiger partial charge in [0.2, 0.25) is 0 Å². The zero-order chi connectivity index (χ0) is 13.1. The number of hydrogen-bond acceptors (Lipinski definition) is 2. The Morgan fingerprint density at radius 2 is 2.00 bits per heavy atom. The van der Waals surface area contributed by atoms with E-state index in [0.717, 1.165) is 29.4 Å². The lowest BCUT2D eigenvalue weighted by Gasteiger charge is -2.23. The first-order valence-corrected chi connectivity index (χ1v) is 7.45. The molecule has 1 aromatic heterocycles. The van der Waals surface area contributed by atoms with Gasteiger partial charge in [-0.25, -0.2) is 0 Å². The molecule has 4 nitrogen and oxygen atoms in total. The summed E-state index contributed by atoms with van der Waals surface area (Å²) in [4.78, 5) is 4.39. The number of fused-ring (bicyclic) bond motifs is 1. The number of aromatic nitrogens is 1. The van der Waals surface area contributed by atoms with Gasteiger partial charge in [-0.3, -0.25) is 4.98 Å². The van der Waals surface area contributed by atoms with Crippen LogP contribution in [0.1, 0.15) is 24.8 Å². The van der Waals surface area contributed by atoms with Gasteiger partial charge in [-0.2, -0.15) is 0 Å². The van der Waals surface area contributed by atoms with Gasteiger partial charge in [-0.1, -0.05) is 29.8 Å². The second-order valence-electron chi connectivity index (χ2n) is 5.35. The summed E-state index contributed by atoms with van der Waals surface area (Å²) in [5.74, 6) is 0.789. The fraction of sp³-hybridized carbons (Fsp3) is 0.438. The fourth-order valence-corrected chi connectivity index (χ4v) is 3.19. The second kappa shape index (κ2) is 9.98. The highest BCUT2D eigenvalue weighted by Gasteiger charge is 2.14. The average Bonchev–Trinajstić information content (AvgIpc) is 2.47. The molecule has 124 valence electrons. The van der Waals surface area contributed by atoms with Crippen LogP contribution in [0, 0.1) is 5.92 Å². The highest BCUT2D eigenvalue weighted by atomic mass is 35.5. The molecule has 1 aliphatic heterocycles. The van der Waals surface area contributed by atoms with Gasteiger partial charge in [0.05, 0.1) is 10.5 Å². The maximum Gasteiger partial charge on any atom is 0.0705 e. The van der Waals surface area contributed by atoms with Crippen LogP contribution >= 0.6 is 24.0 Å². The standard InChI is InChI=1S/C16H19ClN2.ClH.2H2O/c17-15-11-19-16-6-2-1-5-14(16)13(15)8-7-12-4-3-9-18-10-12;;;/h1-2,5-6,11-12,18H,3-4,7-10H2;1H;2*1H2. The number of benzene rings is 1. The van der Waals surface area contributed by atoms with E-state index in [2.05, 4.69) is 28.5 Å². The van der Waals surface area contributed by atoms with Gasteiger partial charge in [0.15, 0.2) is 0 Å². The first kappa shape index (κ1) is 21.1. The molecular weight excluding hydrogens is 323 g/mol. The van der Waals surface area contributed by atoms with E-state index in [1.54, 1.807) is 6.20 Å². The zero-order valence-electron chi connectivity index (χ0n) is 12.4. The van der Waals surface area contributed by atoms with Crippen LogP contribution in [0.15, 0.2) is 30.5 Å². The first-order valence-electron chi connectivity index (χ1n) is 7.07. The van der Waals surface area contributed by atoms with Crippen LogP contribution in [0.3, 0.4) is 0 Å². The van der Waals surface area contributed by atoms with E-state index in [0.29, 0.717) is 0 Å². The van der Waals surface area contributed by atoms with Crippen molar-refractivity contribution >= 4 is 34.9 Å². The van der Waals surface area contributed by atoms with Crippen molar-refractivity contribution < 1.29 is 11.0 Å². The minimum atomic E-state index is 0. The third-order valence-electron chi connectivity index (χ3n) is 4.04. The Labute approximate surface area is 142 Å². The summed E-state index contributed by atoms with van der Waals surface area (Å²) in [5, 5.41) is 5.49. The van der Waals surface area contributed by atoms with E-state index in [1.165, 1.54) is 36.8 Å². The minimum Gasteiger partial charge on any atom is -0.412 e. The van der Waals surface area contributed by atoms with Crippen LogP contribution in [-0.4, -0.2) is 29.0 Å². The summed E-state index contributed by atoms with van der Waals surface area (Å²) < 4.78 is 0. The molecule has 0 saturated carbocycles. The van der Waals surface area contributed by atoms with Gasteiger partial charge < -0.3 is 16.3 Å². The molecule has 5 N–H and O–H groups in total. The maximum absolute atomic E-state index is 6.34. The smallest absolute Gasteiger partial charge is 0.0705 e. The molecular formula is C16H24Cl2N2O2. The van der Waals surface area contributed by atoms with E-state index in [4.69, 9.17) is 11.6 Å². The first-order chi connectivity index (χ1) is 9.34. The van der Waals surface area contributed by atoms with Gasteiger partial charge in [0.1, 0.15) is 0 Å². The number of hydrogen-bond donors (Lipinski definition) is 1. The van der Waals surface area contributed by atoms with Crippen molar-refractivity contribution in [1.29, 1.82) is 0 Å². The van der Waals surface area contributed by atoms with Crippen molar-refractivity contribution in [3.8, 4) is 0 Å². The molecule has 0 radical (unpaired) electrons. The molecule has 1 aromatic carbocycles. The molecule has 1 aliphatic rings. The van der Waals surface area contributed by atoms with Gasteiger partial charge in [-0.05, 0) is 56.3 Å². The Morgan fingerprint density at radius 1 is 1.23 bits per heavy atom. The van der Waals surface area contributed by atoms with Crippen LogP contribution < -0.4 is 5.32 Å². The predicted octanol–water partition coefficient (Wildman–Crippen LogP) is 2.59. The van der Waals surface area contributed by atoms with Crippen LogP contribution in [0.5, 0.6) is 0 Å². The molecule has 6 heteroatoms. The Bertz CT molecular complexity index is 575. The molecule has 1 unspecified atom stereocenters. The zero-order valence-corrected chi connectivity index (χ0v) is 14.0. The summed E-state index contributed by atoms with van der Waals surface area (Å²) in [6.45, 7) is 2.33. The van der Waals surface area contributed by atoms with Gasteiger partial charge in [0.25, 0.3) is 0 Å². The van der Waals surface area contributed by atoms with Crippen LogP contribution in [0.25, 0.3) is 10.9 Å². The molecule has 0 amide bonds. The third kappa shape index (κ3) is 4.80. The summed E-state index contributed by atoms with van der Waals surface area (Å²) in [7, 11) is 0. The summed E-state index contributed by atoms with van der Waals surface area (Å²) in [6.07, 6.45) is 6.69. The number of rotatable bonds is 3. The Hall–Kier alpha value is -0.910. The monoisotopic (exact) mass is 346 g/mol. The lowest BCUT2D eigenvalue weighted by atomic mass is 9.92. The van der Waals surface area contributed by atoms with E-state index < -0.39 is 0 Å². The maximum atomic E-state index is 6.34. The third-order valence-corrected chi connectivity index (χ3v) is 4.36. The van der Waals surface area contributed by atoms with Crippen molar-refractivity contribution in [2.75, 3.05) is 13.1 Å². The fourth-order valence-electron chi connectivity index (χ4n) is 2.95. The number of aryl methyl sites for hydroxylation is 1. The van der Waals surface area contributed by atoms with Crippen molar-refractivity contribution in [2.45, 2.75) is 25.7 Å². The molecule has 1 fully saturated rings. The quantitative estimate of drug-likeness (QED) is 0.925. The van der Waals surface area contributed by atoms with Crippen molar-refractivity contribution in [2.24, 2.45) is 5.92 Å². The van der Waals surface area contributed by atoms with Gasteiger partial charge in [-0.15, -0.1) is 12.4 Å². The van der Waals surface area contributed by atoms with Crippen molar-refractivity contribution in [1.82, 2.24) is 10.3 Å². The molecule has 0 aliphatic carbocycles. The Morgan fingerprint density at radius 3 is 2.73 bits per heavy atom. The van der Waals surface area contributed by atoms with Crippen molar-refractivity contribution in [3.05, 3.63) is 41.0 Å². The SMILES string of the molecule is Cl.Clc1cnc2ccccc2c1CCC1CCCNC1.O.O. The molecule has 1 saturated heterocycles. The molecule has 22 heavy (non-hydrogen) atoms. The molecule has 2 aromatic rings. The summed E-state index contributed by atoms with van der Waals surface area (Å²) in [6, 6.07) is 8.27.